The van der Waals surface area contributed by atoms with Crippen LogP contribution in [0.5, 0.6) is 0 Å². The number of tetrazole rings is 1. The van der Waals surface area contributed by atoms with E-state index in [-0.39, 0.29) is 5.69 Å². The lowest BCUT2D eigenvalue weighted by molar-refractivity contribution is 0.617. The molecule has 0 spiro atoms. The summed E-state index contributed by atoms with van der Waals surface area (Å²) in [5, 5.41) is 14.1. The first-order valence-electron chi connectivity index (χ1n) is 10.8. The largest absolute Gasteiger partial charge is 0.328 e. The van der Waals surface area contributed by atoms with Gasteiger partial charge in [-0.3, -0.25) is 14.1 Å². The van der Waals surface area contributed by atoms with Crippen LogP contribution in [0.25, 0.3) is 22.6 Å². The Morgan fingerprint density at radius 2 is 1.90 bits per heavy atom. The maximum Gasteiger partial charge on any atom is 0.328 e. The summed E-state index contributed by atoms with van der Waals surface area (Å²) >= 11 is 0. The molecular formula is C23H27N7O. The highest BCUT2D eigenvalue weighted by Gasteiger charge is 2.13. The molecule has 0 saturated heterocycles. The van der Waals surface area contributed by atoms with Gasteiger partial charge in [-0.15, -0.1) is 5.10 Å². The van der Waals surface area contributed by atoms with Gasteiger partial charge in [-0.05, 0) is 47.4 Å². The number of hydrogen-bond donors (Lipinski definition) is 1. The van der Waals surface area contributed by atoms with Crippen LogP contribution >= 0.6 is 0 Å². The van der Waals surface area contributed by atoms with Crippen molar-refractivity contribution < 1.29 is 0 Å². The molecule has 3 heterocycles. The van der Waals surface area contributed by atoms with E-state index in [1.807, 2.05) is 39.6 Å². The first-order chi connectivity index (χ1) is 15.2. The van der Waals surface area contributed by atoms with Crippen molar-refractivity contribution in [3.8, 4) is 22.6 Å². The highest BCUT2D eigenvalue weighted by atomic mass is 16.1. The molecule has 8 nitrogen and oxygen atoms in total. The Morgan fingerprint density at radius 3 is 2.61 bits per heavy atom. The number of aromatic amines is 1. The molecule has 1 aromatic carbocycles. The third-order valence-corrected chi connectivity index (χ3v) is 5.36. The van der Waals surface area contributed by atoms with Crippen LogP contribution < -0.4 is 5.69 Å². The highest BCUT2D eigenvalue weighted by molar-refractivity contribution is 5.76. The summed E-state index contributed by atoms with van der Waals surface area (Å²) in [5.74, 6) is 0.580. The number of nitrogens with one attached hydrogen (secondary N) is 1. The lowest BCUT2D eigenvalue weighted by atomic mass is 10.0. The average Bonchev–Trinajstić information content (AvgIpc) is 3.43. The van der Waals surface area contributed by atoms with Crippen LogP contribution in [-0.4, -0.2) is 34.7 Å². The van der Waals surface area contributed by atoms with E-state index in [9.17, 15) is 4.79 Å². The Labute approximate surface area is 181 Å². The molecule has 0 saturated carbocycles. The summed E-state index contributed by atoms with van der Waals surface area (Å²) in [6.45, 7) is 5.58. The Kier molecular flexibility index (Phi) is 6.35. The zero-order valence-electron chi connectivity index (χ0n) is 18.0. The molecule has 0 aliphatic rings. The minimum absolute atomic E-state index is 0.0712. The second-order valence-corrected chi connectivity index (χ2v) is 7.63. The van der Waals surface area contributed by atoms with Gasteiger partial charge in [0.05, 0.1) is 12.2 Å². The summed E-state index contributed by atoms with van der Waals surface area (Å²) in [6.07, 6.45) is 7.83. The van der Waals surface area contributed by atoms with Crippen LogP contribution in [0.4, 0.5) is 0 Å². The molecule has 1 N–H and O–H groups in total. The Bertz CT molecular complexity index is 1170. The van der Waals surface area contributed by atoms with Crippen LogP contribution in [0, 0.1) is 0 Å². The average molecular weight is 418 g/mol. The van der Waals surface area contributed by atoms with Gasteiger partial charge in [0.25, 0.3) is 0 Å². The summed E-state index contributed by atoms with van der Waals surface area (Å²) in [4.78, 5) is 17.4. The second kappa shape index (κ2) is 9.51. The fourth-order valence-electron chi connectivity index (χ4n) is 3.76. The Hall–Kier alpha value is -3.55. The van der Waals surface area contributed by atoms with E-state index < -0.39 is 0 Å². The minimum atomic E-state index is 0.0712. The summed E-state index contributed by atoms with van der Waals surface area (Å²) in [5.41, 5.74) is 4.88. The molecular weight excluding hydrogens is 390 g/mol. The van der Waals surface area contributed by atoms with Crippen molar-refractivity contribution >= 4 is 0 Å². The van der Waals surface area contributed by atoms with Crippen molar-refractivity contribution in [2.24, 2.45) is 0 Å². The van der Waals surface area contributed by atoms with Gasteiger partial charge >= 0.3 is 5.69 Å². The van der Waals surface area contributed by atoms with Crippen molar-refractivity contribution in [3.63, 3.8) is 0 Å². The first-order valence-corrected chi connectivity index (χ1v) is 10.8. The molecule has 4 rings (SSSR count). The van der Waals surface area contributed by atoms with Crippen LogP contribution in [0.3, 0.4) is 0 Å². The SMILES string of the molecule is CCCCc1cn(CCC)c(=O)n1Cc1ccc(-c2ncccc2-c2nnn[nH]2)cc1. The highest BCUT2D eigenvalue weighted by Crippen LogP contribution is 2.27. The van der Waals surface area contributed by atoms with Gasteiger partial charge in [-0.25, -0.2) is 9.89 Å². The van der Waals surface area contributed by atoms with E-state index in [2.05, 4.69) is 51.6 Å². The maximum absolute atomic E-state index is 12.9. The van der Waals surface area contributed by atoms with Gasteiger partial charge in [0.15, 0.2) is 5.82 Å². The fraction of sp³-hybridized carbons (Fsp3) is 0.348. The lowest BCUT2D eigenvalue weighted by Crippen LogP contribution is -2.25. The van der Waals surface area contributed by atoms with E-state index in [1.165, 1.54) is 0 Å². The number of benzene rings is 1. The van der Waals surface area contributed by atoms with E-state index in [1.54, 1.807) is 6.20 Å². The standard InChI is InChI=1S/C23H27N7O/c1-3-5-7-19-16-29(14-4-2)23(31)30(19)15-17-9-11-18(12-10-17)21-20(8-6-13-24-21)22-25-27-28-26-22/h6,8-13,16H,3-5,7,14-15H2,1-2H3,(H,25,26,27,28). The minimum Gasteiger partial charge on any atom is -0.299 e. The summed E-state index contributed by atoms with van der Waals surface area (Å²) in [7, 11) is 0. The molecule has 0 unspecified atom stereocenters. The van der Waals surface area contributed by atoms with E-state index >= 15 is 0 Å². The third kappa shape index (κ3) is 4.47. The van der Waals surface area contributed by atoms with Gasteiger partial charge in [0, 0.05) is 35.8 Å². The van der Waals surface area contributed by atoms with E-state index in [0.717, 1.165) is 60.3 Å². The zero-order chi connectivity index (χ0) is 21.6. The molecule has 4 aromatic rings. The molecule has 0 radical (unpaired) electrons. The molecule has 0 fully saturated rings. The summed E-state index contributed by atoms with van der Waals surface area (Å²) < 4.78 is 3.75. The zero-order valence-corrected chi connectivity index (χ0v) is 18.0. The van der Waals surface area contributed by atoms with Crippen LogP contribution in [0.2, 0.25) is 0 Å². The Morgan fingerprint density at radius 1 is 1.06 bits per heavy atom. The fourth-order valence-corrected chi connectivity index (χ4v) is 3.76. The second-order valence-electron chi connectivity index (χ2n) is 7.63. The number of rotatable bonds is 9. The van der Waals surface area contributed by atoms with Crippen molar-refractivity contribution in [1.29, 1.82) is 0 Å². The van der Waals surface area contributed by atoms with Gasteiger partial charge in [0.2, 0.25) is 0 Å². The number of hydrogen-bond acceptors (Lipinski definition) is 5. The van der Waals surface area contributed by atoms with Crippen molar-refractivity contribution in [2.45, 2.75) is 52.6 Å². The number of unbranched alkanes of at least 4 members (excludes halogenated alkanes) is 1. The molecule has 0 bridgehead atoms. The molecule has 0 aliphatic carbocycles. The predicted octanol–water partition coefficient (Wildman–Crippen LogP) is 3.69. The topological polar surface area (TPSA) is 94.3 Å². The molecule has 160 valence electrons. The predicted molar refractivity (Wildman–Crippen MR) is 120 cm³/mol. The number of H-pyrrole nitrogens is 1. The third-order valence-electron chi connectivity index (χ3n) is 5.36. The van der Waals surface area contributed by atoms with E-state index in [4.69, 9.17) is 0 Å². The molecule has 0 atom stereocenters. The monoisotopic (exact) mass is 417 g/mol. The van der Waals surface area contributed by atoms with Crippen LogP contribution in [0.15, 0.2) is 53.6 Å². The quantitative estimate of drug-likeness (QED) is 0.448. The Balaban J connectivity index is 1.62. The number of pyridine rings is 1. The van der Waals surface area contributed by atoms with Crippen LogP contribution in [0.1, 0.15) is 44.4 Å². The summed E-state index contributed by atoms with van der Waals surface area (Å²) in [6, 6.07) is 12.0. The van der Waals surface area contributed by atoms with Gasteiger partial charge in [-0.1, -0.05) is 44.5 Å². The number of aryl methyl sites for hydroxylation is 2. The van der Waals surface area contributed by atoms with Crippen molar-refractivity contribution in [1.82, 2.24) is 34.7 Å². The first kappa shape index (κ1) is 20.7. The smallest absolute Gasteiger partial charge is 0.299 e. The molecule has 0 amide bonds. The van der Waals surface area contributed by atoms with Crippen molar-refractivity contribution in [3.05, 3.63) is 70.5 Å². The van der Waals surface area contributed by atoms with Gasteiger partial charge in [-0.2, -0.15) is 0 Å². The molecule has 31 heavy (non-hydrogen) atoms. The van der Waals surface area contributed by atoms with Crippen LogP contribution in [-0.2, 0) is 19.5 Å². The molecule has 0 aliphatic heterocycles. The number of aromatic nitrogens is 7. The van der Waals surface area contributed by atoms with E-state index in [0.29, 0.717) is 12.4 Å². The molecule has 3 aromatic heterocycles. The lowest BCUT2D eigenvalue weighted by Gasteiger charge is -2.09. The number of imidazole rings is 1. The normalized spacial score (nSPS) is 11.2. The van der Waals surface area contributed by atoms with Gasteiger partial charge in [0.1, 0.15) is 0 Å². The van der Waals surface area contributed by atoms with Crippen molar-refractivity contribution in [2.75, 3.05) is 0 Å². The van der Waals surface area contributed by atoms with Gasteiger partial charge < -0.3 is 0 Å². The maximum atomic E-state index is 12.9. The molecule has 8 heteroatoms. The number of nitrogens with zero attached hydrogens (tertiary/aromatic N) is 6.